The number of primary sulfonamides is 1. The zero-order chi connectivity index (χ0) is 21.8. The number of hydrogen-bond donors (Lipinski definition) is 1. The van der Waals surface area contributed by atoms with E-state index in [4.69, 9.17) is 5.14 Å². The summed E-state index contributed by atoms with van der Waals surface area (Å²) in [7, 11) is -8.47. The Balaban J connectivity index is 1.81. The minimum atomic E-state index is -4.26. The van der Waals surface area contributed by atoms with E-state index in [9.17, 15) is 21.6 Å². The Labute approximate surface area is 175 Å². The molecule has 0 radical (unpaired) electrons. The van der Waals surface area contributed by atoms with E-state index >= 15 is 0 Å². The summed E-state index contributed by atoms with van der Waals surface area (Å²) < 4.78 is 48.6. The molecular weight excluding hydrogens is 422 g/mol. The topological polar surface area (TPSA) is 111 Å². The molecule has 2 N–H and O–H groups in total. The summed E-state index contributed by atoms with van der Waals surface area (Å²) in [6, 6.07) is 20.5. The van der Waals surface area contributed by atoms with Crippen molar-refractivity contribution in [2.24, 2.45) is 5.14 Å². The number of hydrogen-bond acceptors (Lipinski definition) is 5. The van der Waals surface area contributed by atoms with E-state index in [0.717, 1.165) is 17.7 Å². The van der Waals surface area contributed by atoms with Gasteiger partial charge < -0.3 is 0 Å². The Morgan fingerprint density at radius 3 is 1.77 bits per heavy atom. The van der Waals surface area contributed by atoms with Crippen LogP contribution in [-0.2, 0) is 19.9 Å². The number of rotatable bonds is 5. The first-order valence-electron chi connectivity index (χ1n) is 8.72. The Morgan fingerprint density at radius 1 is 0.700 bits per heavy atom. The monoisotopic (exact) mass is 439 g/mol. The highest BCUT2D eigenvalue weighted by molar-refractivity contribution is 7.94. The van der Waals surface area contributed by atoms with Crippen molar-refractivity contribution in [3.05, 3.63) is 95.6 Å². The first-order valence-corrected chi connectivity index (χ1v) is 11.9. The van der Waals surface area contributed by atoms with Crippen molar-refractivity contribution in [1.29, 1.82) is 0 Å². The van der Waals surface area contributed by atoms with Gasteiger partial charge in [0.15, 0.2) is 15.6 Å². The number of Topliss-reactive ketones (excluding diaryl/α,β-unsaturated/α-hetero) is 1. The first-order chi connectivity index (χ1) is 14.2. The van der Waals surface area contributed by atoms with Gasteiger partial charge in [-0.1, -0.05) is 54.3 Å². The summed E-state index contributed by atoms with van der Waals surface area (Å²) in [6.07, 6.45) is 0. The van der Waals surface area contributed by atoms with Gasteiger partial charge in [-0.3, -0.25) is 4.79 Å². The van der Waals surface area contributed by atoms with Gasteiger partial charge in [-0.15, -0.1) is 0 Å². The second kappa shape index (κ2) is 8.63. The lowest BCUT2D eigenvalue weighted by molar-refractivity contribution is 0.102. The van der Waals surface area contributed by atoms with E-state index in [2.05, 4.69) is 11.8 Å². The summed E-state index contributed by atoms with van der Waals surface area (Å²) in [4.78, 5) is 11.5. The SMILES string of the molecule is NS(=O)(=O)c1ccccc1S(=O)(=O)CC(=O)c1ccc(C#Cc2ccccc2)cc1. The molecule has 0 atom stereocenters. The van der Waals surface area contributed by atoms with E-state index in [1.165, 1.54) is 24.3 Å². The number of nitrogens with two attached hydrogens (primary N) is 1. The standard InChI is InChI=1S/C22H17NO5S2/c23-30(27,28)22-9-5-4-8-21(22)29(25,26)16-20(24)19-14-12-18(13-15-19)11-10-17-6-2-1-3-7-17/h1-9,12-15H,16H2,(H2,23,27,28). The predicted octanol–water partition coefficient (Wildman–Crippen LogP) is 2.39. The molecule has 0 aliphatic heterocycles. The van der Waals surface area contributed by atoms with E-state index in [-0.39, 0.29) is 5.56 Å². The summed E-state index contributed by atoms with van der Waals surface area (Å²) >= 11 is 0. The molecule has 0 bridgehead atoms. The van der Waals surface area contributed by atoms with Crippen LogP contribution < -0.4 is 5.14 Å². The Morgan fingerprint density at radius 2 is 1.20 bits per heavy atom. The number of carbonyl (C=O) groups excluding carboxylic acids is 1. The minimum Gasteiger partial charge on any atom is -0.293 e. The molecule has 3 aromatic carbocycles. The number of sulfonamides is 1. The third-order valence-electron chi connectivity index (χ3n) is 4.14. The molecule has 152 valence electrons. The van der Waals surface area contributed by atoms with Crippen molar-refractivity contribution >= 4 is 25.6 Å². The van der Waals surface area contributed by atoms with Crippen molar-refractivity contribution in [3.63, 3.8) is 0 Å². The van der Waals surface area contributed by atoms with Crippen LogP contribution >= 0.6 is 0 Å². The maximum Gasteiger partial charge on any atom is 0.239 e. The highest BCUT2D eigenvalue weighted by Crippen LogP contribution is 2.21. The zero-order valence-corrected chi connectivity index (χ0v) is 17.3. The van der Waals surface area contributed by atoms with Crippen molar-refractivity contribution < 1.29 is 21.6 Å². The number of ketones is 1. The lowest BCUT2D eigenvalue weighted by Crippen LogP contribution is -2.21. The molecule has 3 rings (SSSR count). The molecule has 0 aliphatic rings. The van der Waals surface area contributed by atoms with Gasteiger partial charge in [0.2, 0.25) is 10.0 Å². The second-order valence-electron chi connectivity index (χ2n) is 6.37. The fourth-order valence-electron chi connectivity index (χ4n) is 2.68. The predicted molar refractivity (Wildman–Crippen MR) is 113 cm³/mol. The van der Waals surface area contributed by atoms with Crippen LogP contribution in [0.3, 0.4) is 0 Å². The Bertz CT molecular complexity index is 1350. The molecule has 0 aromatic heterocycles. The van der Waals surface area contributed by atoms with Gasteiger partial charge in [0.05, 0.1) is 4.90 Å². The molecule has 0 heterocycles. The third kappa shape index (κ3) is 5.21. The maximum absolute atomic E-state index is 12.6. The quantitative estimate of drug-likeness (QED) is 0.485. The average Bonchev–Trinajstić information content (AvgIpc) is 2.72. The van der Waals surface area contributed by atoms with Crippen LogP contribution in [0.15, 0.2) is 88.7 Å². The largest absolute Gasteiger partial charge is 0.293 e. The van der Waals surface area contributed by atoms with E-state index < -0.39 is 41.2 Å². The summed E-state index contributed by atoms with van der Waals surface area (Å²) in [5.41, 5.74) is 1.69. The van der Waals surface area contributed by atoms with Gasteiger partial charge in [-0.05, 0) is 36.4 Å². The molecule has 0 aliphatic carbocycles. The van der Waals surface area contributed by atoms with Crippen molar-refractivity contribution in [2.45, 2.75) is 9.79 Å². The van der Waals surface area contributed by atoms with E-state index in [1.807, 2.05) is 30.3 Å². The molecule has 0 unspecified atom stereocenters. The fourth-order valence-corrected chi connectivity index (χ4v) is 5.35. The van der Waals surface area contributed by atoms with Gasteiger partial charge in [-0.2, -0.15) is 0 Å². The van der Waals surface area contributed by atoms with Gasteiger partial charge in [0.25, 0.3) is 0 Å². The average molecular weight is 440 g/mol. The van der Waals surface area contributed by atoms with Crippen molar-refractivity contribution in [1.82, 2.24) is 0 Å². The molecule has 0 saturated carbocycles. The third-order valence-corrected chi connectivity index (χ3v) is 6.91. The molecule has 0 fully saturated rings. The van der Waals surface area contributed by atoms with Gasteiger partial charge in [0, 0.05) is 16.7 Å². The highest BCUT2D eigenvalue weighted by Gasteiger charge is 2.26. The van der Waals surface area contributed by atoms with Crippen LogP contribution in [0.2, 0.25) is 0 Å². The minimum absolute atomic E-state index is 0.178. The smallest absolute Gasteiger partial charge is 0.239 e. The fraction of sp³-hybridized carbons (Fsp3) is 0.0455. The van der Waals surface area contributed by atoms with E-state index in [0.29, 0.717) is 5.56 Å². The summed E-state index contributed by atoms with van der Waals surface area (Å²) in [5, 5.41) is 5.09. The molecule has 0 saturated heterocycles. The lowest BCUT2D eigenvalue weighted by atomic mass is 10.1. The van der Waals surface area contributed by atoms with Crippen LogP contribution in [0.25, 0.3) is 0 Å². The van der Waals surface area contributed by atoms with Crippen LogP contribution in [0.4, 0.5) is 0 Å². The van der Waals surface area contributed by atoms with Gasteiger partial charge in [0.1, 0.15) is 10.6 Å². The number of benzene rings is 3. The highest BCUT2D eigenvalue weighted by atomic mass is 32.2. The summed E-state index contributed by atoms with van der Waals surface area (Å²) in [6.45, 7) is 0. The van der Waals surface area contributed by atoms with E-state index in [1.54, 1.807) is 12.1 Å². The van der Waals surface area contributed by atoms with Crippen LogP contribution in [0.1, 0.15) is 21.5 Å². The zero-order valence-electron chi connectivity index (χ0n) is 15.6. The lowest BCUT2D eigenvalue weighted by Gasteiger charge is -2.08. The van der Waals surface area contributed by atoms with Crippen LogP contribution in [-0.4, -0.2) is 28.4 Å². The summed E-state index contributed by atoms with van der Waals surface area (Å²) in [5.74, 6) is 4.41. The molecular formula is C22H17NO5S2. The molecule has 30 heavy (non-hydrogen) atoms. The van der Waals surface area contributed by atoms with Crippen LogP contribution in [0.5, 0.6) is 0 Å². The normalized spacial score (nSPS) is 11.4. The van der Waals surface area contributed by atoms with Crippen LogP contribution in [0, 0.1) is 11.8 Å². The molecule has 0 amide bonds. The molecule has 0 spiro atoms. The molecule has 3 aromatic rings. The maximum atomic E-state index is 12.6. The second-order valence-corrected chi connectivity index (χ2v) is 9.86. The molecule has 8 heteroatoms. The number of carbonyl (C=O) groups is 1. The van der Waals surface area contributed by atoms with Gasteiger partial charge in [-0.25, -0.2) is 22.0 Å². The first kappa shape index (κ1) is 21.5. The molecule has 6 nitrogen and oxygen atoms in total. The number of sulfone groups is 1. The van der Waals surface area contributed by atoms with Gasteiger partial charge >= 0.3 is 0 Å². The Kier molecular flexibility index (Phi) is 6.17. The van der Waals surface area contributed by atoms with Crippen molar-refractivity contribution in [2.75, 3.05) is 5.75 Å². The van der Waals surface area contributed by atoms with Crippen molar-refractivity contribution in [3.8, 4) is 11.8 Å². The Hall–Kier alpha value is -3.25.